The van der Waals surface area contributed by atoms with Crippen molar-refractivity contribution in [3.05, 3.63) is 53.6 Å². The third kappa shape index (κ3) is 6.59. The first-order valence-electron chi connectivity index (χ1n) is 10.1. The number of anilines is 1. The van der Waals surface area contributed by atoms with Crippen LogP contribution in [0.2, 0.25) is 0 Å². The second-order valence-corrected chi connectivity index (χ2v) is 7.91. The molecule has 2 rings (SSSR count). The Kier molecular flexibility index (Phi) is 9.37. The maximum Gasteiger partial charge on any atom is 0.530 e. The lowest BCUT2D eigenvalue weighted by Crippen LogP contribution is -2.21. The summed E-state index contributed by atoms with van der Waals surface area (Å²) in [5.41, 5.74) is 2.38. The maximum atomic E-state index is 12.5. The third-order valence-corrected chi connectivity index (χ3v) is 5.95. The zero-order valence-corrected chi connectivity index (χ0v) is 18.9. The van der Waals surface area contributed by atoms with Gasteiger partial charge in [0.2, 0.25) is 0 Å². The van der Waals surface area contributed by atoms with Gasteiger partial charge in [0.1, 0.15) is 18.1 Å². The molecule has 0 heterocycles. The molecule has 0 aromatic heterocycles. The Labute approximate surface area is 178 Å². The number of hydrogen-bond acceptors (Lipinski definition) is 7. The summed E-state index contributed by atoms with van der Waals surface area (Å²) in [6, 6.07) is 12.5. The van der Waals surface area contributed by atoms with Gasteiger partial charge in [-0.15, -0.1) is 0 Å². The van der Waals surface area contributed by atoms with Crippen LogP contribution in [0.3, 0.4) is 0 Å². The van der Waals surface area contributed by atoms with E-state index in [1.807, 2.05) is 12.1 Å². The van der Waals surface area contributed by atoms with E-state index in [0.29, 0.717) is 17.1 Å². The highest BCUT2D eigenvalue weighted by atomic mass is 31.2. The second kappa shape index (κ2) is 11.7. The zero-order chi connectivity index (χ0) is 22.0. The van der Waals surface area contributed by atoms with Crippen molar-refractivity contribution < 1.29 is 27.7 Å². The van der Waals surface area contributed by atoms with Gasteiger partial charge in [-0.1, -0.05) is 12.1 Å². The summed E-state index contributed by atoms with van der Waals surface area (Å²) in [4.78, 5) is 13.6. The molecule has 0 atom stereocenters. The summed E-state index contributed by atoms with van der Waals surface area (Å²) in [7, 11) is -3.63. The van der Waals surface area contributed by atoms with E-state index in [2.05, 4.69) is 18.7 Å². The standard InChI is InChI=1S/C22H30NO6P/c1-5-23(6-2)20-12-11-19(16-24)22(15-20)26-17-18-9-13-21(14-10-18)29-30(25,27-7-3)28-8-4/h9-16H,5-8,17H2,1-4H3. The molecule has 0 N–H and O–H groups in total. The lowest BCUT2D eigenvalue weighted by atomic mass is 10.1. The molecule has 0 radical (unpaired) electrons. The predicted molar refractivity (Wildman–Crippen MR) is 118 cm³/mol. The van der Waals surface area contributed by atoms with Crippen molar-refractivity contribution in [3.63, 3.8) is 0 Å². The second-order valence-electron chi connectivity index (χ2n) is 6.32. The van der Waals surface area contributed by atoms with Crippen molar-refractivity contribution in [1.82, 2.24) is 0 Å². The van der Waals surface area contributed by atoms with Crippen LogP contribution >= 0.6 is 7.82 Å². The quantitative estimate of drug-likeness (QED) is 0.304. The highest BCUT2D eigenvalue weighted by Gasteiger charge is 2.27. The Morgan fingerprint density at radius 1 is 0.933 bits per heavy atom. The maximum absolute atomic E-state index is 12.5. The molecule has 8 heteroatoms. The molecule has 0 spiro atoms. The number of carbonyl (C=O) groups excluding carboxylic acids is 1. The first kappa shape index (κ1) is 23.9. The number of phosphoric acid groups is 1. The van der Waals surface area contributed by atoms with Crippen molar-refractivity contribution in [1.29, 1.82) is 0 Å². The highest BCUT2D eigenvalue weighted by molar-refractivity contribution is 7.48. The van der Waals surface area contributed by atoms with Gasteiger partial charge in [-0.25, -0.2) is 4.57 Å². The Morgan fingerprint density at radius 3 is 2.10 bits per heavy atom. The van der Waals surface area contributed by atoms with Crippen LogP contribution in [0.25, 0.3) is 0 Å². The number of carbonyl (C=O) groups is 1. The Morgan fingerprint density at radius 2 is 1.57 bits per heavy atom. The lowest BCUT2D eigenvalue weighted by Gasteiger charge is -2.22. The van der Waals surface area contributed by atoms with E-state index in [4.69, 9.17) is 18.3 Å². The lowest BCUT2D eigenvalue weighted by molar-refractivity contribution is 0.111. The molecule has 2 aromatic rings. The molecule has 2 aromatic carbocycles. The molecule has 0 amide bonds. The van der Waals surface area contributed by atoms with Gasteiger partial charge >= 0.3 is 7.82 Å². The molecule has 0 fully saturated rings. The Hall–Kier alpha value is -2.34. The number of benzene rings is 2. The fourth-order valence-corrected chi connectivity index (χ4v) is 4.07. The monoisotopic (exact) mass is 435 g/mol. The number of hydrogen-bond donors (Lipinski definition) is 0. The van der Waals surface area contributed by atoms with Crippen LogP contribution < -0.4 is 14.2 Å². The molecule has 0 bridgehead atoms. The number of phosphoric ester groups is 1. The normalized spacial score (nSPS) is 11.2. The van der Waals surface area contributed by atoms with Gasteiger partial charge in [0, 0.05) is 24.8 Å². The summed E-state index contributed by atoms with van der Waals surface area (Å²) in [6.07, 6.45) is 0.789. The fourth-order valence-electron chi connectivity index (χ4n) is 2.87. The van der Waals surface area contributed by atoms with Crippen LogP contribution in [0.5, 0.6) is 11.5 Å². The van der Waals surface area contributed by atoms with E-state index in [0.717, 1.165) is 30.6 Å². The Balaban J connectivity index is 2.08. The summed E-state index contributed by atoms with van der Waals surface area (Å²) >= 11 is 0. The van der Waals surface area contributed by atoms with Crippen LogP contribution in [0.1, 0.15) is 43.6 Å². The van der Waals surface area contributed by atoms with Crippen molar-refractivity contribution in [2.75, 3.05) is 31.2 Å². The zero-order valence-electron chi connectivity index (χ0n) is 18.0. The average molecular weight is 435 g/mol. The molecule has 30 heavy (non-hydrogen) atoms. The molecular weight excluding hydrogens is 405 g/mol. The third-order valence-electron chi connectivity index (χ3n) is 4.36. The first-order chi connectivity index (χ1) is 14.5. The van der Waals surface area contributed by atoms with Gasteiger partial charge in [0.25, 0.3) is 0 Å². The van der Waals surface area contributed by atoms with Crippen LogP contribution in [0.4, 0.5) is 5.69 Å². The molecule has 0 saturated heterocycles. The average Bonchev–Trinajstić information content (AvgIpc) is 2.74. The van der Waals surface area contributed by atoms with E-state index >= 15 is 0 Å². The first-order valence-corrected chi connectivity index (χ1v) is 11.6. The van der Waals surface area contributed by atoms with E-state index in [1.165, 1.54) is 0 Å². The molecule has 0 aliphatic carbocycles. The van der Waals surface area contributed by atoms with Crippen LogP contribution in [-0.2, 0) is 20.2 Å². The molecule has 164 valence electrons. The summed E-state index contributed by atoms with van der Waals surface area (Å²) in [5.74, 6) is 0.910. The van der Waals surface area contributed by atoms with E-state index in [9.17, 15) is 9.36 Å². The van der Waals surface area contributed by atoms with Crippen molar-refractivity contribution in [2.24, 2.45) is 0 Å². The minimum absolute atomic E-state index is 0.217. The van der Waals surface area contributed by atoms with Gasteiger partial charge in [-0.05, 0) is 57.5 Å². The van der Waals surface area contributed by atoms with Crippen LogP contribution in [0.15, 0.2) is 42.5 Å². The largest absolute Gasteiger partial charge is 0.530 e. The van der Waals surface area contributed by atoms with Crippen molar-refractivity contribution in [2.45, 2.75) is 34.3 Å². The van der Waals surface area contributed by atoms with Crippen molar-refractivity contribution >= 4 is 19.8 Å². The van der Waals surface area contributed by atoms with E-state index < -0.39 is 7.82 Å². The molecule has 0 saturated carbocycles. The molecule has 7 nitrogen and oxygen atoms in total. The number of rotatable bonds is 13. The van der Waals surface area contributed by atoms with Crippen molar-refractivity contribution in [3.8, 4) is 11.5 Å². The topological polar surface area (TPSA) is 74.3 Å². The smallest absolute Gasteiger partial charge is 0.488 e. The summed E-state index contributed by atoms with van der Waals surface area (Å²) < 4.78 is 34.1. The van der Waals surface area contributed by atoms with Crippen LogP contribution in [0, 0.1) is 0 Å². The number of nitrogens with zero attached hydrogens (tertiary/aromatic N) is 1. The molecule has 0 aliphatic heterocycles. The molecule has 0 unspecified atom stereocenters. The van der Waals surface area contributed by atoms with Gasteiger partial charge in [0.05, 0.1) is 18.8 Å². The van der Waals surface area contributed by atoms with Crippen LogP contribution in [-0.4, -0.2) is 32.6 Å². The number of ether oxygens (including phenoxy) is 1. The molecular formula is C22H30NO6P. The summed E-state index contributed by atoms with van der Waals surface area (Å²) in [5, 5.41) is 0. The van der Waals surface area contributed by atoms with E-state index in [1.54, 1.807) is 44.2 Å². The number of aldehydes is 1. The Bertz CT molecular complexity index is 841. The molecule has 0 aliphatic rings. The highest BCUT2D eigenvalue weighted by Crippen LogP contribution is 2.49. The van der Waals surface area contributed by atoms with Gasteiger partial charge in [-0.3, -0.25) is 13.8 Å². The van der Waals surface area contributed by atoms with Gasteiger partial charge in [0.15, 0.2) is 6.29 Å². The predicted octanol–water partition coefficient (Wildman–Crippen LogP) is 5.48. The summed E-state index contributed by atoms with van der Waals surface area (Å²) in [6.45, 7) is 10.0. The SMILES string of the molecule is CCOP(=O)(OCC)Oc1ccc(COc2cc(N(CC)CC)ccc2C=O)cc1. The minimum atomic E-state index is -3.63. The van der Waals surface area contributed by atoms with Gasteiger partial charge < -0.3 is 14.2 Å². The fraction of sp³-hybridized carbons (Fsp3) is 0.409. The minimum Gasteiger partial charge on any atom is -0.488 e. The van der Waals surface area contributed by atoms with Gasteiger partial charge in [-0.2, -0.15) is 0 Å². The van der Waals surface area contributed by atoms with E-state index in [-0.39, 0.29) is 19.8 Å².